The lowest BCUT2D eigenvalue weighted by Crippen LogP contribution is -2.91. The van der Waals surface area contributed by atoms with E-state index in [0.29, 0.717) is 0 Å². The first-order valence-corrected chi connectivity index (χ1v) is 9.41. The van der Waals surface area contributed by atoms with Crippen LogP contribution in [0.5, 0.6) is 0 Å². The molecule has 2 rings (SSSR count). The van der Waals surface area contributed by atoms with Crippen molar-refractivity contribution in [3.8, 4) is 0 Å². The fourth-order valence-corrected chi connectivity index (χ4v) is 3.03. The van der Waals surface area contributed by atoms with Gasteiger partial charge in [0.25, 0.3) is 5.91 Å². The fraction of sp³-hybridized carbons (Fsp3) is 0.176. The molecule has 1 atom stereocenters. The van der Waals surface area contributed by atoms with Crippen LogP contribution in [0, 0.1) is 0 Å². The number of imide groups is 1. The summed E-state index contributed by atoms with van der Waals surface area (Å²) in [7, 11) is 1.33. The van der Waals surface area contributed by atoms with E-state index >= 15 is 0 Å². The van der Waals surface area contributed by atoms with E-state index in [1.54, 1.807) is 0 Å². The summed E-state index contributed by atoms with van der Waals surface area (Å²) in [6.45, 7) is 0. The summed E-state index contributed by atoms with van der Waals surface area (Å²) >= 11 is 6.52. The van der Waals surface area contributed by atoms with Crippen LogP contribution in [0.2, 0.25) is 0 Å². The van der Waals surface area contributed by atoms with Gasteiger partial charge in [-0.2, -0.15) is 5.32 Å². The van der Waals surface area contributed by atoms with Gasteiger partial charge in [0.1, 0.15) is 11.5 Å². The maximum absolute atomic E-state index is 12.2. The minimum Gasteiger partial charge on any atom is -0.465 e. The topological polar surface area (TPSA) is 143 Å². The highest BCUT2D eigenvalue weighted by molar-refractivity contribution is 9.10. The van der Waals surface area contributed by atoms with Crippen molar-refractivity contribution in [2.75, 3.05) is 12.4 Å². The van der Waals surface area contributed by atoms with Crippen LogP contribution < -0.4 is 21.7 Å². The summed E-state index contributed by atoms with van der Waals surface area (Å²) in [6.07, 6.45) is 2.47. The molecule has 0 bridgehead atoms. The first-order valence-electron chi connectivity index (χ1n) is 8.11. The minimum atomic E-state index is -0.954. The van der Waals surface area contributed by atoms with E-state index in [0.717, 1.165) is 15.1 Å². The van der Waals surface area contributed by atoms with Crippen molar-refractivity contribution in [2.45, 2.75) is 12.5 Å². The van der Waals surface area contributed by atoms with Gasteiger partial charge < -0.3 is 21.8 Å². The number of carbonyl (C=O) groups is 3. The van der Waals surface area contributed by atoms with E-state index in [1.807, 2.05) is 24.3 Å². The number of halogens is 1. The zero-order valence-corrected chi connectivity index (χ0v) is 17.5. The molecule has 1 aromatic rings. The van der Waals surface area contributed by atoms with Gasteiger partial charge in [-0.05, 0) is 30.3 Å². The highest BCUT2D eigenvalue weighted by atomic mass is 79.9. The van der Waals surface area contributed by atoms with Gasteiger partial charge in [0.15, 0.2) is 0 Å². The summed E-state index contributed by atoms with van der Waals surface area (Å²) in [4.78, 5) is 36.8. The molecule has 4 amide bonds. The zero-order chi connectivity index (χ0) is 20.8. The second-order valence-electron chi connectivity index (χ2n) is 5.90. The van der Waals surface area contributed by atoms with Crippen LogP contribution in [0.4, 0.5) is 10.5 Å². The number of primary amides is 1. The van der Waals surface area contributed by atoms with Crippen molar-refractivity contribution in [1.82, 2.24) is 10.2 Å². The average Bonchev–Trinajstić information content (AvgIpc) is 2.61. The van der Waals surface area contributed by atoms with E-state index in [9.17, 15) is 19.8 Å². The molecule has 1 heterocycles. The number of rotatable bonds is 6. The van der Waals surface area contributed by atoms with Crippen LogP contribution >= 0.6 is 15.9 Å². The molecule has 1 aliphatic heterocycles. The molecular weight excluding hydrogens is 448 g/mol. The molecule has 1 aromatic carbocycles. The summed E-state index contributed by atoms with van der Waals surface area (Å²) in [5.74, 6) is -1.55. The number of nitrogens with zero attached hydrogens (tertiary/aromatic N) is 2. The van der Waals surface area contributed by atoms with Crippen molar-refractivity contribution in [1.29, 1.82) is 0 Å². The third-order valence-corrected chi connectivity index (χ3v) is 4.74. The number of nitrogens with two attached hydrogens (primary N) is 2. The summed E-state index contributed by atoms with van der Waals surface area (Å²) in [5.41, 5.74) is 6.85. The predicted octanol–water partition coefficient (Wildman–Crippen LogP) is -0.445. The van der Waals surface area contributed by atoms with Gasteiger partial charge in [0.05, 0.1) is 18.7 Å². The Hall–Kier alpha value is -2.47. The smallest absolute Gasteiger partial charge is 0.431 e. The molecular formula is C17H20BrN6O3S+. The molecule has 0 aliphatic carbocycles. The van der Waals surface area contributed by atoms with E-state index in [4.69, 9.17) is 5.73 Å². The maximum atomic E-state index is 12.2. The normalized spacial score (nSPS) is 15.8. The van der Waals surface area contributed by atoms with Crippen LogP contribution in [0.25, 0.3) is 5.41 Å². The molecule has 0 saturated carbocycles. The van der Waals surface area contributed by atoms with Gasteiger partial charge in [-0.3, -0.25) is 9.59 Å². The Morgan fingerprint density at radius 1 is 1.39 bits per heavy atom. The Labute approximate surface area is 175 Å². The summed E-state index contributed by atoms with van der Waals surface area (Å²) < 4.78 is 0.936. The van der Waals surface area contributed by atoms with Gasteiger partial charge in [0, 0.05) is 29.8 Å². The molecule has 0 saturated heterocycles. The van der Waals surface area contributed by atoms with E-state index in [1.165, 1.54) is 24.6 Å². The van der Waals surface area contributed by atoms with E-state index in [-0.39, 0.29) is 22.9 Å². The highest BCUT2D eigenvalue weighted by Crippen LogP contribution is 2.14. The number of quaternary nitrogens is 1. The molecule has 0 spiro atoms. The molecule has 1 unspecified atom stereocenters. The molecule has 0 radical (unpaired) electrons. The number of hydrogen-bond donors (Lipinski definition) is 4. The zero-order valence-electron chi connectivity index (χ0n) is 14.9. The van der Waals surface area contributed by atoms with Crippen LogP contribution in [0.15, 0.2) is 51.6 Å². The van der Waals surface area contributed by atoms with Crippen molar-refractivity contribution in [2.24, 2.45) is 5.73 Å². The lowest BCUT2D eigenvalue weighted by atomic mass is 10.0. The Morgan fingerprint density at radius 2 is 2.04 bits per heavy atom. The number of urea groups is 1. The number of amidine groups is 1. The molecule has 6 N–H and O–H groups in total. The number of amides is 4. The Morgan fingerprint density at radius 3 is 2.68 bits per heavy atom. The van der Waals surface area contributed by atoms with Crippen molar-refractivity contribution in [3.05, 3.63) is 57.0 Å². The van der Waals surface area contributed by atoms with Gasteiger partial charge >= 0.3 is 11.1 Å². The van der Waals surface area contributed by atoms with E-state index < -0.39 is 23.9 Å². The largest absolute Gasteiger partial charge is 0.465 e. The summed E-state index contributed by atoms with van der Waals surface area (Å²) in [5, 5.41) is 16.5. The second-order valence-corrected chi connectivity index (χ2v) is 7.36. The lowest BCUT2D eigenvalue weighted by molar-refractivity contribution is -0.498. The molecule has 148 valence electrons. The standard InChI is InChI=1S/C17H18BrN6O3S/c1-24-16(26)14(15(28)23-17(24)27)11(19)8-13(25)22-12(20)6-7-21-10-4-2-9(18)3-5-10/h2-7,11H,8,19H2,1H3,(H4-,20,21,22,23,25,26,27,28)/q-1/p+2. The maximum Gasteiger partial charge on any atom is 0.431 e. The Bertz CT molecular complexity index is 868. The Kier molecular flexibility index (Phi) is 7.52. The second kappa shape index (κ2) is 9.64. The van der Waals surface area contributed by atoms with Crippen LogP contribution in [-0.2, 0) is 22.2 Å². The fourth-order valence-electron chi connectivity index (χ4n) is 2.35. The third-order valence-electron chi connectivity index (χ3n) is 3.80. The molecule has 28 heavy (non-hydrogen) atoms. The number of likely N-dealkylation sites (N-methyl/N-ethyl adjacent to an activating group) is 1. The van der Waals surface area contributed by atoms with Crippen molar-refractivity contribution in [3.63, 3.8) is 0 Å². The molecule has 9 nitrogen and oxygen atoms in total. The number of carbonyl (C=O) groups excluding carboxylic acids is 3. The monoisotopic (exact) mass is 467 g/mol. The first-order chi connectivity index (χ1) is 13.2. The Balaban J connectivity index is 1.88. The molecule has 11 heteroatoms. The highest BCUT2D eigenvalue weighted by Gasteiger charge is 2.39. The first kappa shape index (κ1) is 21.8. The summed E-state index contributed by atoms with van der Waals surface area (Å²) in [6, 6.07) is 5.92. The SMILES string of the molecule is CN1C(=O)[NH2+]C([SH2+])=C(C(N)CC(=O)NC(=[N-])/C=C\Nc2ccc(Br)cc2)C1=O. The number of nitrogens with one attached hydrogen (secondary N) is 2. The average molecular weight is 468 g/mol. The number of benzene rings is 1. The van der Waals surface area contributed by atoms with Crippen molar-refractivity contribution < 1.29 is 19.7 Å². The van der Waals surface area contributed by atoms with Gasteiger partial charge in [-0.1, -0.05) is 21.8 Å². The molecule has 1 aliphatic rings. The minimum absolute atomic E-state index is 0.112. The molecule has 0 aromatic heterocycles. The van der Waals surface area contributed by atoms with Crippen LogP contribution in [0.3, 0.4) is 0 Å². The van der Waals surface area contributed by atoms with Crippen molar-refractivity contribution >= 4 is 57.9 Å². The third kappa shape index (κ3) is 5.76. The predicted molar refractivity (Wildman–Crippen MR) is 113 cm³/mol. The quantitative estimate of drug-likeness (QED) is 0.254. The van der Waals surface area contributed by atoms with Gasteiger partial charge in [-0.15, -0.1) is 0 Å². The molecule has 0 fully saturated rings. The number of anilines is 1. The lowest BCUT2D eigenvalue weighted by Gasteiger charge is -2.22. The van der Waals surface area contributed by atoms with Gasteiger partial charge in [0.2, 0.25) is 0 Å². The van der Waals surface area contributed by atoms with E-state index in [2.05, 4.69) is 39.2 Å². The van der Waals surface area contributed by atoms with Gasteiger partial charge in [-0.25, -0.2) is 9.69 Å². The van der Waals surface area contributed by atoms with Crippen LogP contribution in [-0.4, -0.2) is 41.7 Å². The number of hydrogen-bond acceptors (Lipinski definition) is 5. The van der Waals surface area contributed by atoms with Crippen LogP contribution in [0.1, 0.15) is 6.42 Å².